The molecule has 0 spiro atoms. The highest BCUT2D eigenvalue weighted by Gasteiger charge is 2.23. The van der Waals surface area contributed by atoms with E-state index in [0.29, 0.717) is 24.7 Å². The number of aliphatic hydroxyl groups excluding tert-OH is 1. The lowest BCUT2D eigenvalue weighted by Crippen LogP contribution is -2.32. The Labute approximate surface area is 336 Å². The zero-order chi connectivity index (χ0) is 38.5. The Balaban J connectivity index is 0.000000215. The van der Waals surface area contributed by atoms with Crippen molar-refractivity contribution >= 4 is 53.5 Å². The van der Waals surface area contributed by atoms with Gasteiger partial charge in [0.1, 0.15) is 12.1 Å². The molecular weight excluding hydrogens is 870 g/mol. The summed E-state index contributed by atoms with van der Waals surface area (Å²) in [5.41, 5.74) is 9.48. The minimum atomic E-state index is -0.858. The van der Waals surface area contributed by atoms with Crippen LogP contribution in [0.1, 0.15) is 74.1 Å². The van der Waals surface area contributed by atoms with Crippen LogP contribution in [0.2, 0.25) is 0 Å². The van der Waals surface area contributed by atoms with Crippen molar-refractivity contribution in [1.82, 2.24) is 40.4 Å². The van der Waals surface area contributed by atoms with E-state index in [4.69, 9.17) is 0 Å². The van der Waals surface area contributed by atoms with E-state index in [2.05, 4.69) is 120 Å². The van der Waals surface area contributed by atoms with E-state index in [-0.39, 0.29) is 14.0 Å². The Kier molecular flexibility index (Phi) is 15.0. The Morgan fingerprint density at radius 1 is 0.660 bits per heavy atom. The molecule has 5 aromatic rings. The van der Waals surface area contributed by atoms with Gasteiger partial charge in [-0.15, -0.1) is 25.5 Å². The Hall–Kier alpha value is -3.57. The zero-order valence-corrected chi connectivity index (χ0v) is 35.8. The first-order chi connectivity index (χ1) is 24.3. The second-order valence-electron chi connectivity index (χ2n) is 14.0. The number of halogens is 3. The summed E-state index contributed by atoms with van der Waals surface area (Å²) in [6, 6.07) is 12.3. The van der Waals surface area contributed by atoms with Crippen LogP contribution in [0, 0.1) is 41.5 Å². The van der Waals surface area contributed by atoms with Crippen LogP contribution in [0.25, 0.3) is 22.8 Å². The molecule has 1 aliphatic heterocycles. The zero-order valence-electron chi connectivity index (χ0n) is 31.0. The third-order valence-corrected chi connectivity index (χ3v) is 11.7. The summed E-state index contributed by atoms with van der Waals surface area (Å²) < 4.78 is 3.35. The van der Waals surface area contributed by atoms with Gasteiger partial charge in [0, 0.05) is 30.1 Å². The van der Waals surface area contributed by atoms with Crippen molar-refractivity contribution in [3.8, 4) is 22.8 Å². The summed E-state index contributed by atoms with van der Waals surface area (Å²) in [5, 5.41) is 55.2. The van der Waals surface area contributed by atoms with Crippen LogP contribution in [0.15, 0.2) is 65.3 Å². The molecule has 0 aliphatic carbocycles. The van der Waals surface area contributed by atoms with Gasteiger partial charge in [0.2, 0.25) is 11.6 Å². The molecule has 6 rings (SSSR count). The number of hydrogen-bond donors (Lipinski definition) is 2. The molecule has 53 heavy (non-hydrogen) atoms. The molecule has 0 saturated carbocycles. The fourth-order valence-corrected chi connectivity index (χ4v) is 5.74. The summed E-state index contributed by atoms with van der Waals surface area (Å²) >= 11 is 10.6. The molecule has 3 aromatic carbocycles. The van der Waals surface area contributed by atoms with Gasteiger partial charge in [0.25, 0.3) is 0 Å². The van der Waals surface area contributed by atoms with Gasteiger partial charge >= 0.3 is 0 Å². The van der Waals surface area contributed by atoms with Crippen LogP contribution in [0.5, 0.6) is 0 Å². The van der Waals surface area contributed by atoms with Gasteiger partial charge in [0.15, 0.2) is 0 Å². The molecule has 0 atom stereocenters. The fraction of sp³-hybridized carbons (Fsp3) is 0.432. The smallest absolute Gasteiger partial charge is 0.204 e. The Morgan fingerprint density at radius 2 is 1.08 bits per heavy atom. The predicted octanol–water partition coefficient (Wildman–Crippen LogP) is 8.81. The number of rotatable bonds is 7. The summed E-state index contributed by atoms with van der Waals surface area (Å²) in [4.78, 5) is 2.87. The maximum atomic E-state index is 9.74. The molecule has 0 unspecified atom stereocenters. The quantitative estimate of drug-likeness (QED) is 0.164. The van der Waals surface area contributed by atoms with E-state index in [9.17, 15) is 10.2 Å². The molecule has 16 heteroatoms. The lowest BCUT2D eigenvalue weighted by atomic mass is 10.0. The normalized spacial score (nSPS) is 12.4. The van der Waals surface area contributed by atoms with Crippen molar-refractivity contribution in [2.75, 3.05) is 13.2 Å². The van der Waals surface area contributed by atoms with E-state index in [1.807, 2.05) is 65.8 Å². The van der Waals surface area contributed by atoms with Crippen molar-refractivity contribution in [3.05, 3.63) is 88.8 Å². The highest BCUT2D eigenvalue weighted by molar-refractivity contribution is 9.11. The number of nitrogens with zero attached hydrogens (tertiary/aromatic N) is 11. The van der Waals surface area contributed by atoms with Gasteiger partial charge in [-0.25, -0.2) is 0 Å². The summed E-state index contributed by atoms with van der Waals surface area (Å²) in [6.07, 6.45) is 0. The van der Waals surface area contributed by atoms with Crippen molar-refractivity contribution in [2.24, 2.45) is 15.4 Å². The molecule has 284 valence electrons. The largest absolute Gasteiger partial charge is 0.394 e. The molecule has 2 aromatic heterocycles. The number of benzene rings is 3. The number of aryl methyl sites for hydroxylation is 6. The van der Waals surface area contributed by atoms with Crippen molar-refractivity contribution in [2.45, 2.75) is 94.3 Å². The summed E-state index contributed by atoms with van der Waals surface area (Å²) in [5.74, 6) is 1.14. The average Bonchev–Trinajstić information content (AvgIpc) is 3.87. The van der Waals surface area contributed by atoms with Crippen LogP contribution in [-0.4, -0.2) is 75.1 Å². The van der Waals surface area contributed by atoms with Gasteiger partial charge in [-0.3, -0.25) is 0 Å². The SMILES string of the molecule is C.Cc1cc(-c2nnn(C(C)(C)CO)n2)cc(C)c1Br.Cc1cc(-c2nnn(CC(C)(C)O)n2)cc(C)c1Br.Cc1cc(C2=NN=NC2)cc(C)c1Br. The van der Waals surface area contributed by atoms with E-state index in [1.165, 1.54) is 20.7 Å². The lowest BCUT2D eigenvalue weighted by molar-refractivity contribution is 0.0526. The van der Waals surface area contributed by atoms with Gasteiger partial charge in [-0.1, -0.05) is 55.2 Å². The van der Waals surface area contributed by atoms with Gasteiger partial charge in [-0.05, 0) is 155 Å². The van der Waals surface area contributed by atoms with Crippen LogP contribution >= 0.6 is 47.8 Å². The average molecular weight is 919 g/mol. The van der Waals surface area contributed by atoms with Gasteiger partial charge < -0.3 is 10.2 Å². The van der Waals surface area contributed by atoms with Crippen LogP contribution in [0.3, 0.4) is 0 Å². The van der Waals surface area contributed by atoms with E-state index in [1.54, 1.807) is 13.8 Å². The second kappa shape index (κ2) is 18.2. The van der Waals surface area contributed by atoms with Crippen LogP contribution < -0.4 is 0 Å². The molecule has 3 heterocycles. The number of aromatic nitrogens is 8. The molecule has 0 amide bonds. The molecule has 1 aliphatic rings. The third kappa shape index (κ3) is 11.5. The Morgan fingerprint density at radius 3 is 1.47 bits per heavy atom. The van der Waals surface area contributed by atoms with Crippen molar-refractivity contribution in [3.63, 3.8) is 0 Å². The van der Waals surface area contributed by atoms with Crippen molar-refractivity contribution < 1.29 is 10.2 Å². The maximum Gasteiger partial charge on any atom is 0.204 e. The molecule has 0 bridgehead atoms. The van der Waals surface area contributed by atoms with Crippen LogP contribution in [-0.2, 0) is 12.1 Å². The first kappa shape index (κ1) is 43.8. The summed E-state index contributed by atoms with van der Waals surface area (Å²) in [6.45, 7) is 20.3. The van der Waals surface area contributed by atoms with E-state index in [0.717, 1.165) is 58.1 Å². The fourth-order valence-electron chi connectivity index (χ4n) is 5.05. The molecule has 0 saturated heterocycles. The predicted molar refractivity (Wildman–Crippen MR) is 220 cm³/mol. The van der Waals surface area contributed by atoms with Gasteiger partial charge in [-0.2, -0.15) is 14.7 Å². The van der Waals surface area contributed by atoms with Gasteiger partial charge in [0.05, 0.1) is 24.5 Å². The number of aliphatic hydroxyl groups is 2. The molecule has 0 radical (unpaired) electrons. The highest BCUT2D eigenvalue weighted by atomic mass is 79.9. The topological polar surface area (TPSA) is 165 Å². The molecular formula is C37H48Br3N11O2. The maximum absolute atomic E-state index is 9.74. The minimum Gasteiger partial charge on any atom is -0.394 e. The molecule has 13 nitrogen and oxygen atoms in total. The Bertz CT molecular complexity index is 2050. The highest BCUT2D eigenvalue weighted by Crippen LogP contribution is 2.28. The standard InChI is InChI=1S/2C13H17BrN4O.C10H10BrN3.CH4/c1-8-5-10(6-9(2)11(8)14)12-15-17-18(16-12)13(3,4)7-19;1-8-5-10(6-9(2)11(8)14)12-15-17-18(16-12)7-13(3,4)19;1-6-3-8(4-7(2)10(6)11)9-5-12-14-13-9;/h2*5-6,19H,7H2,1-4H3;3-4H,5H2,1-2H3;1H4. The van der Waals surface area contributed by atoms with Crippen LogP contribution in [0.4, 0.5) is 0 Å². The number of tetrazole rings is 2. The number of hydrogen-bond acceptors (Lipinski definition) is 11. The summed E-state index contributed by atoms with van der Waals surface area (Å²) in [7, 11) is 0. The van der Waals surface area contributed by atoms with E-state index < -0.39 is 11.1 Å². The third-order valence-electron chi connectivity index (χ3n) is 7.93. The first-order valence-corrected chi connectivity index (χ1v) is 18.8. The minimum absolute atomic E-state index is 0. The monoisotopic (exact) mass is 915 g/mol. The first-order valence-electron chi connectivity index (χ1n) is 16.5. The molecule has 2 N–H and O–H groups in total. The van der Waals surface area contributed by atoms with Crippen molar-refractivity contribution in [1.29, 1.82) is 0 Å². The second-order valence-corrected chi connectivity index (χ2v) is 16.4. The lowest BCUT2D eigenvalue weighted by Gasteiger charge is -2.18. The van der Waals surface area contributed by atoms with E-state index >= 15 is 0 Å². The molecule has 0 fully saturated rings.